The fourth-order valence-corrected chi connectivity index (χ4v) is 1.71. The van der Waals surface area contributed by atoms with Crippen LogP contribution in [-0.2, 0) is 16.1 Å². The molecule has 5 nitrogen and oxygen atoms in total. The molecule has 2 amide bonds. The van der Waals surface area contributed by atoms with Gasteiger partial charge in [-0.25, -0.2) is 0 Å². The maximum Gasteiger partial charge on any atom is 0.239 e. The van der Waals surface area contributed by atoms with Gasteiger partial charge in [-0.05, 0) is 32.9 Å². The van der Waals surface area contributed by atoms with Crippen LogP contribution in [0.2, 0.25) is 0 Å². The number of nitrogens with zero attached hydrogens (tertiary/aromatic N) is 2. The lowest BCUT2D eigenvalue weighted by atomic mass is 10.1. The Morgan fingerprint density at radius 3 is 2.47 bits per heavy atom. The Kier molecular flexibility index (Phi) is 5.03. The molecule has 0 aliphatic rings. The van der Waals surface area contributed by atoms with Gasteiger partial charge < -0.3 is 10.2 Å². The van der Waals surface area contributed by atoms with Crippen molar-refractivity contribution < 1.29 is 9.59 Å². The predicted octanol–water partition coefficient (Wildman–Crippen LogP) is 1.34. The minimum absolute atomic E-state index is 0.0612. The van der Waals surface area contributed by atoms with Crippen LogP contribution >= 0.6 is 0 Å². The Hall–Kier alpha value is -1.91. The largest absolute Gasteiger partial charge is 0.349 e. The van der Waals surface area contributed by atoms with E-state index in [9.17, 15) is 9.59 Å². The number of nitrogens with one attached hydrogen (secondary N) is 1. The maximum atomic E-state index is 11.8. The molecule has 0 fully saturated rings. The zero-order valence-corrected chi connectivity index (χ0v) is 11.9. The predicted molar refractivity (Wildman–Crippen MR) is 73.2 cm³/mol. The number of hydrogen-bond donors (Lipinski definition) is 1. The van der Waals surface area contributed by atoms with Gasteiger partial charge in [0.25, 0.3) is 0 Å². The fourth-order valence-electron chi connectivity index (χ4n) is 1.71. The zero-order valence-electron chi connectivity index (χ0n) is 11.9. The molecule has 0 radical (unpaired) electrons. The third-order valence-corrected chi connectivity index (χ3v) is 2.68. The topological polar surface area (TPSA) is 62.3 Å². The number of carbonyl (C=O) groups is 2. The molecule has 0 unspecified atom stereocenters. The minimum atomic E-state index is -0.367. The molecule has 1 rings (SSSR count). The molecule has 104 valence electrons. The van der Waals surface area contributed by atoms with E-state index in [0.29, 0.717) is 6.54 Å². The van der Waals surface area contributed by atoms with Crippen LogP contribution in [0.25, 0.3) is 0 Å². The van der Waals surface area contributed by atoms with E-state index in [1.165, 1.54) is 6.92 Å². The van der Waals surface area contributed by atoms with Gasteiger partial charge in [-0.2, -0.15) is 0 Å². The molecule has 0 atom stereocenters. The number of rotatable bonds is 4. The smallest absolute Gasteiger partial charge is 0.239 e. The molecule has 0 aliphatic carbocycles. The molecule has 0 saturated heterocycles. The van der Waals surface area contributed by atoms with Gasteiger partial charge in [-0.3, -0.25) is 14.6 Å². The summed E-state index contributed by atoms with van der Waals surface area (Å²) in [4.78, 5) is 29.0. The Balaban J connectivity index is 2.52. The van der Waals surface area contributed by atoms with Crippen LogP contribution in [0.3, 0.4) is 0 Å². The molecule has 19 heavy (non-hydrogen) atoms. The van der Waals surface area contributed by atoms with Crippen LogP contribution in [0.1, 0.15) is 33.4 Å². The molecule has 1 aromatic rings. The van der Waals surface area contributed by atoms with Crippen LogP contribution < -0.4 is 5.32 Å². The highest BCUT2D eigenvalue weighted by Crippen LogP contribution is 2.12. The number of aromatic nitrogens is 1. The highest BCUT2D eigenvalue weighted by atomic mass is 16.2. The van der Waals surface area contributed by atoms with Crippen molar-refractivity contribution in [3.8, 4) is 0 Å². The van der Waals surface area contributed by atoms with E-state index in [1.54, 1.807) is 11.1 Å². The Morgan fingerprint density at radius 1 is 1.32 bits per heavy atom. The monoisotopic (exact) mass is 263 g/mol. The molecule has 1 heterocycles. The van der Waals surface area contributed by atoms with Gasteiger partial charge in [-0.1, -0.05) is 6.07 Å². The lowest BCUT2D eigenvalue weighted by molar-refractivity contribution is -0.139. The van der Waals surface area contributed by atoms with Gasteiger partial charge in [0.15, 0.2) is 0 Å². The number of pyridine rings is 1. The molecule has 0 aliphatic heterocycles. The Labute approximate surface area is 114 Å². The van der Waals surface area contributed by atoms with Crippen LogP contribution in [0.4, 0.5) is 0 Å². The SMILES string of the molecule is CC(=O)N(CC(=O)NCc1ccccn1)C(C)(C)C. The fraction of sp³-hybridized carbons (Fsp3) is 0.500. The van der Waals surface area contributed by atoms with E-state index in [2.05, 4.69) is 10.3 Å². The third kappa shape index (κ3) is 5.07. The molecule has 0 saturated carbocycles. The van der Waals surface area contributed by atoms with Crippen molar-refractivity contribution in [2.24, 2.45) is 0 Å². The zero-order chi connectivity index (χ0) is 14.5. The second-order valence-corrected chi connectivity index (χ2v) is 5.37. The van der Waals surface area contributed by atoms with Crippen LogP contribution in [0, 0.1) is 0 Å². The summed E-state index contributed by atoms with van der Waals surface area (Å²) in [6.07, 6.45) is 1.68. The molecule has 1 aromatic heterocycles. The quantitative estimate of drug-likeness (QED) is 0.891. The van der Waals surface area contributed by atoms with Crippen LogP contribution in [-0.4, -0.2) is 33.8 Å². The molecular formula is C14H21N3O2. The van der Waals surface area contributed by atoms with E-state index in [0.717, 1.165) is 5.69 Å². The van der Waals surface area contributed by atoms with Crippen molar-refractivity contribution in [1.29, 1.82) is 0 Å². The lowest BCUT2D eigenvalue weighted by Gasteiger charge is -2.34. The summed E-state index contributed by atoms with van der Waals surface area (Å²) < 4.78 is 0. The average molecular weight is 263 g/mol. The van der Waals surface area contributed by atoms with Gasteiger partial charge in [0.05, 0.1) is 12.2 Å². The highest BCUT2D eigenvalue weighted by molar-refractivity contribution is 5.84. The first-order valence-corrected chi connectivity index (χ1v) is 6.25. The van der Waals surface area contributed by atoms with Crippen molar-refractivity contribution in [3.05, 3.63) is 30.1 Å². The standard InChI is InChI=1S/C14H21N3O2/c1-11(18)17(14(2,3)4)10-13(19)16-9-12-7-5-6-8-15-12/h5-8H,9-10H2,1-4H3,(H,16,19). The van der Waals surface area contributed by atoms with Crippen LogP contribution in [0.15, 0.2) is 24.4 Å². The summed E-state index contributed by atoms with van der Waals surface area (Å²) in [5.74, 6) is -0.295. The van der Waals surface area contributed by atoms with Crippen molar-refractivity contribution in [3.63, 3.8) is 0 Å². The summed E-state index contributed by atoms with van der Waals surface area (Å²) in [5.41, 5.74) is 0.426. The lowest BCUT2D eigenvalue weighted by Crippen LogP contribution is -2.49. The molecular weight excluding hydrogens is 242 g/mol. The van der Waals surface area contributed by atoms with E-state index in [4.69, 9.17) is 0 Å². The normalized spacial score (nSPS) is 10.9. The summed E-state index contributed by atoms with van der Waals surface area (Å²) >= 11 is 0. The number of hydrogen-bond acceptors (Lipinski definition) is 3. The first-order valence-electron chi connectivity index (χ1n) is 6.25. The average Bonchev–Trinajstić information content (AvgIpc) is 2.33. The minimum Gasteiger partial charge on any atom is -0.349 e. The van der Waals surface area contributed by atoms with Gasteiger partial charge in [0.2, 0.25) is 11.8 Å². The second-order valence-electron chi connectivity index (χ2n) is 5.37. The molecule has 5 heteroatoms. The Morgan fingerprint density at radius 2 is 2.00 bits per heavy atom. The van der Waals surface area contributed by atoms with E-state index >= 15 is 0 Å². The summed E-state index contributed by atoms with van der Waals surface area (Å²) in [7, 11) is 0. The Bertz CT molecular complexity index is 438. The molecule has 0 bridgehead atoms. The maximum absolute atomic E-state index is 11.8. The third-order valence-electron chi connectivity index (χ3n) is 2.68. The van der Waals surface area contributed by atoms with Crippen molar-refractivity contribution in [1.82, 2.24) is 15.2 Å². The van der Waals surface area contributed by atoms with Crippen molar-refractivity contribution >= 4 is 11.8 Å². The second kappa shape index (κ2) is 6.31. The molecule has 0 aromatic carbocycles. The van der Waals surface area contributed by atoms with Gasteiger partial charge in [-0.15, -0.1) is 0 Å². The van der Waals surface area contributed by atoms with Gasteiger partial charge in [0, 0.05) is 18.7 Å². The van der Waals surface area contributed by atoms with Crippen molar-refractivity contribution in [2.45, 2.75) is 39.8 Å². The first-order chi connectivity index (χ1) is 8.80. The molecule has 1 N–H and O–H groups in total. The van der Waals surface area contributed by atoms with E-state index in [1.807, 2.05) is 39.0 Å². The highest BCUT2D eigenvalue weighted by Gasteiger charge is 2.25. The molecule has 0 spiro atoms. The number of amides is 2. The van der Waals surface area contributed by atoms with E-state index in [-0.39, 0.29) is 23.9 Å². The van der Waals surface area contributed by atoms with Crippen LogP contribution in [0.5, 0.6) is 0 Å². The first kappa shape index (κ1) is 15.1. The number of carbonyl (C=O) groups excluding carboxylic acids is 2. The summed E-state index contributed by atoms with van der Waals surface area (Å²) in [6, 6.07) is 5.53. The van der Waals surface area contributed by atoms with Gasteiger partial charge in [0.1, 0.15) is 6.54 Å². The summed E-state index contributed by atoms with van der Waals surface area (Å²) in [6.45, 7) is 7.61. The van der Waals surface area contributed by atoms with E-state index < -0.39 is 0 Å². The summed E-state index contributed by atoms with van der Waals surface area (Å²) in [5, 5.41) is 2.76. The van der Waals surface area contributed by atoms with Crippen molar-refractivity contribution in [2.75, 3.05) is 6.54 Å². The van der Waals surface area contributed by atoms with Gasteiger partial charge >= 0.3 is 0 Å².